The second-order valence-corrected chi connectivity index (χ2v) is 12.3. The molecule has 168 valence electrons. The van der Waals surface area contributed by atoms with Crippen LogP contribution in [0.4, 0.5) is 0 Å². The van der Waals surface area contributed by atoms with Gasteiger partial charge in [0.1, 0.15) is 5.60 Å². The van der Waals surface area contributed by atoms with Crippen molar-refractivity contribution in [3.8, 4) is 0 Å². The van der Waals surface area contributed by atoms with Gasteiger partial charge in [-0.05, 0) is 94.1 Å². The number of fused-ring (bicyclic) bond motifs is 3. The normalized spacial score (nSPS) is 55.5. The second-order valence-electron chi connectivity index (χ2n) is 12.3. The van der Waals surface area contributed by atoms with Crippen molar-refractivity contribution in [2.24, 2.45) is 34.0 Å². The van der Waals surface area contributed by atoms with Crippen LogP contribution in [0.5, 0.6) is 0 Å². The molecule has 8 atom stereocenters. The number of allylic oxidation sites excluding steroid dienone is 1. The maximum atomic E-state index is 13.0. The molecule has 31 heavy (non-hydrogen) atoms. The Bertz CT molecular complexity index is 923. The average molecular weight is 427 g/mol. The van der Waals surface area contributed by atoms with E-state index in [9.17, 15) is 14.4 Å². The van der Waals surface area contributed by atoms with Gasteiger partial charge in [0.05, 0.1) is 17.6 Å². The van der Waals surface area contributed by atoms with Gasteiger partial charge in [0.15, 0.2) is 11.6 Å². The molecule has 5 nitrogen and oxygen atoms in total. The van der Waals surface area contributed by atoms with Crippen molar-refractivity contribution >= 4 is 17.5 Å². The fraction of sp³-hybridized carbons (Fsp3) is 0.808. The van der Waals surface area contributed by atoms with Crippen molar-refractivity contribution in [1.82, 2.24) is 0 Å². The third-order valence-corrected chi connectivity index (χ3v) is 11.0. The monoisotopic (exact) mass is 426 g/mol. The summed E-state index contributed by atoms with van der Waals surface area (Å²) in [5, 5.41) is 0. The van der Waals surface area contributed by atoms with E-state index in [0.29, 0.717) is 24.9 Å². The van der Waals surface area contributed by atoms with Crippen molar-refractivity contribution in [2.75, 3.05) is 6.61 Å². The maximum absolute atomic E-state index is 13.0. The molecule has 0 amide bonds. The van der Waals surface area contributed by atoms with Gasteiger partial charge in [-0.1, -0.05) is 13.3 Å². The molecule has 2 heterocycles. The first-order chi connectivity index (χ1) is 14.6. The first kappa shape index (κ1) is 20.1. The second kappa shape index (κ2) is 5.89. The van der Waals surface area contributed by atoms with Crippen LogP contribution in [0.15, 0.2) is 12.2 Å². The Hall–Kier alpha value is -1.49. The van der Waals surface area contributed by atoms with E-state index in [4.69, 9.17) is 9.47 Å². The van der Waals surface area contributed by atoms with Crippen LogP contribution in [0.3, 0.4) is 0 Å². The molecule has 2 bridgehead atoms. The summed E-state index contributed by atoms with van der Waals surface area (Å²) in [4.78, 5) is 38.0. The Kier molecular flexibility index (Phi) is 3.83. The lowest BCUT2D eigenvalue weighted by molar-refractivity contribution is -0.252. The van der Waals surface area contributed by atoms with Crippen LogP contribution in [0, 0.1) is 34.0 Å². The molecule has 4 aliphatic carbocycles. The van der Waals surface area contributed by atoms with Crippen LogP contribution in [-0.2, 0) is 23.9 Å². The summed E-state index contributed by atoms with van der Waals surface area (Å²) >= 11 is 0. The number of carbonyl (C=O) groups is 3. The predicted molar refractivity (Wildman–Crippen MR) is 113 cm³/mol. The third-order valence-electron chi connectivity index (χ3n) is 11.0. The summed E-state index contributed by atoms with van der Waals surface area (Å²) in [5.41, 5.74) is -1.61. The standard InChI is InChI=1S/C26H34O5/c1-22-11-7-18-23(2)9-4-10-25(18,15-30-21(23)29)17(22)8-12-24(3)19(22)14-26(31-24)13-16(27)5-6-20(26)28/h5-6,17-19H,4,7-15H2,1-3H3/t17?,18?,19?,22-,23+,24+,25+,26+/m1/s1. The molecule has 1 spiro atoms. The van der Waals surface area contributed by atoms with Crippen molar-refractivity contribution in [3.63, 3.8) is 0 Å². The summed E-state index contributed by atoms with van der Waals surface area (Å²) < 4.78 is 12.5. The number of ketones is 2. The molecule has 3 saturated carbocycles. The number of hydrogen-bond acceptors (Lipinski definition) is 5. The van der Waals surface area contributed by atoms with Gasteiger partial charge >= 0.3 is 5.97 Å². The fourth-order valence-electron chi connectivity index (χ4n) is 9.69. The van der Waals surface area contributed by atoms with E-state index in [1.807, 2.05) is 0 Å². The molecule has 6 rings (SSSR count). The quantitative estimate of drug-likeness (QED) is 0.544. The highest BCUT2D eigenvalue weighted by Crippen LogP contribution is 2.73. The molecular formula is C26H34O5. The van der Waals surface area contributed by atoms with Gasteiger partial charge in [-0.25, -0.2) is 0 Å². The smallest absolute Gasteiger partial charge is 0.312 e. The number of rotatable bonds is 0. The van der Waals surface area contributed by atoms with E-state index in [2.05, 4.69) is 20.8 Å². The van der Waals surface area contributed by atoms with Crippen LogP contribution >= 0.6 is 0 Å². The molecule has 0 aromatic rings. The minimum absolute atomic E-state index is 0.00640. The molecule has 0 aromatic heterocycles. The van der Waals surface area contributed by atoms with Crippen LogP contribution in [0.2, 0.25) is 0 Å². The van der Waals surface area contributed by atoms with Gasteiger partial charge in [-0.2, -0.15) is 0 Å². The Morgan fingerprint density at radius 2 is 1.68 bits per heavy atom. The van der Waals surface area contributed by atoms with Crippen molar-refractivity contribution in [2.45, 2.75) is 89.8 Å². The van der Waals surface area contributed by atoms with E-state index in [1.165, 1.54) is 12.2 Å². The summed E-state index contributed by atoms with van der Waals surface area (Å²) in [7, 11) is 0. The zero-order chi connectivity index (χ0) is 21.9. The molecule has 5 heteroatoms. The number of esters is 1. The Labute approximate surface area is 184 Å². The highest BCUT2D eigenvalue weighted by molar-refractivity contribution is 6.09. The summed E-state index contributed by atoms with van der Waals surface area (Å²) in [6.07, 6.45) is 10.9. The highest BCUT2D eigenvalue weighted by atomic mass is 16.5. The summed E-state index contributed by atoms with van der Waals surface area (Å²) in [5.74, 6) is 1.07. The van der Waals surface area contributed by atoms with E-state index >= 15 is 0 Å². The lowest BCUT2D eigenvalue weighted by Crippen LogP contribution is -2.67. The van der Waals surface area contributed by atoms with E-state index < -0.39 is 5.60 Å². The van der Waals surface area contributed by atoms with Gasteiger partial charge in [0.2, 0.25) is 0 Å². The van der Waals surface area contributed by atoms with Crippen molar-refractivity contribution in [3.05, 3.63) is 12.2 Å². The molecule has 0 aromatic carbocycles. The van der Waals surface area contributed by atoms with E-state index in [-0.39, 0.29) is 51.7 Å². The van der Waals surface area contributed by atoms with Crippen LogP contribution < -0.4 is 0 Å². The van der Waals surface area contributed by atoms with E-state index in [0.717, 1.165) is 44.9 Å². The van der Waals surface area contributed by atoms with Gasteiger partial charge in [-0.15, -0.1) is 0 Å². The lowest BCUT2D eigenvalue weighted by Gasteiger charge is -2.68. The molecule has 0 radical (unpaired) electrons. The van der Waals surface area contributed by atoms with Crippen molar-refractivity contribution < 1.29 is 23.9 Å². The molecule has 2 aliphatic heterocycles. The van der Waals surface area contributed by atoms with Crippen molar-refractivity contribution in [1.29, 1.82) is 0 Å². The minimum atomic E-state index is -0.974. The molecule has 5 fully saturated rings. The van der Waals surface area contributed by atoms with Gasteiger partial charge in [0, 0.05) is 11.8 Å². The molecular weight excluding hydrogens is 392 g/mol. The number of carbonyl (C=O) groups excluding carboxylic acids is 3. The Morgan fingerprint density at radius 1 is 0.903 bits per heavy atom. The number of hydrogen-bond donors (Lipinski definition) is 0. The Morgan fingerprint density at radius 3 is 2.48 bits per heavy atom. The van der Waals surface area contributed by atoms with Gasteiger partial charge in [0.25, 0.3) is 0 Å². The third kappa shape index (κ3) is 2.29. The molecule has 2 saturated heterocycles. The number of ether oxygens (including phenoxy) is 2. The predicted octanol–water partition coefficient (Wildman–Crippen LogP) is 4.18. The first-order valence-electron chi connectivity index (χ1n) is 12.2. The molecule has 0 N–H and O–H groups in total. The fourth-order valence-corrected chi connectivity index (χ4v) is 9.69. The van der Waals surface area contributed by atoms with E-state index in [1.54, 1.807) is 0 Å². The zero-order valence-corrected chi connectivity index (χ0v) is 19.0. The number of cyclic esters (lactones) is 1. The lowest BCUT2D eigenvalue weighted by atomic mass is 9.37. The highest BCUT2D eigenvalue weighted by Gasteiger charge is 2.73. The maximum Gasteiger partial charge on any atom is 0.312 e. The summed E-state index contributed by atoms with van der Waals surface area (Å²) in [6, 6.07) is 0. The molecule has 6 aliphatic rings. The minimum Gasteiger partial charge on any atom is -0.465 e. The average Bonchev–Trinajstić information content (AvgIpc) is 3.02. The largest absolute Gasteiger partial charge is 0.465 e. The first-order valence-corrected chi connectivity index (χ1v) is 12.2. The van der Waals surface area contributed by atoms with Crippen LogP contribution in [0.25, 0.3) is 0 Å². The van der Waals surface area contributed by atoms with Gasteiger partial charge in [-0.3, -0.25) is 14.4 Å². The van der Waals surface area contributed by atoms with Crippen LogP contribution in [0.1, 0.15) is 78.6 Å². The van der Waals surface area contributed by atoms with Gasteiger partial charge < -0.3 is 9.47 Å². The van der Waals surface area contributed by atoms with Crippen LogP contribution in [-0.4, -0.2) is 35.3 Å². The zero-order valence-electron chi connectivity index (χ0n) is 19.0. The Balaban J connectivity index is 1.41. The SMILES string of the molecule is C[C@@]12CCC3[C@]4(CCC[C@]3(C)C(=O)OC4)C1CC[C@]1(C)O[C@@]3(CC(=O)C=CC3=O)CC21. The molecule has 3 unspecified atom stereocenters. The topological polar surface area (TPSA) is 69.7 Å². The summed E-state index contributed by atoms with van der Waals surface area (Å²) in [6.45, 7) is 7.30.